The summed E-state index contributed by atoms with van der Waals surface area (Å²) in [7, 11) is 0. The lowest BCUT2D eigenvalue weighted by molar-refractivity contribution is 0.795. The zero-order chi connectivity index (χ0) is 11.4. The number of aromatic nitrogens is 2. The number of hydrogen-bond donors (Lipinski definition) is 2. The molecule has 0 atom stereocenters. The largest absolute Gasteiger partial charge is 0.382 e. The lowest BCUT2D eigenvalue weighted by Gasteiger charge is -2.01. The number of nitrogens with one attached hydrogen (secondary N) is 1. The summed E-state index contributed by atoms with van der Waals surface area (Å²) in [6.07, 6.45) is 3.64. The molecule has 0 amide bonds. The van der Waals surface area contributed by atoms with E-state index in [1.54, 1.807) is 0 Å². The summed E-state index contributed by atoms with van der Waals surface area (Å²) in [5.41, 5.74) is 9.06. The summed E-state index contributed by atoms with van der Waals surface area (Å²) in [6.45, 7) is 2.21. The Bertz CT molecular complexity index is 442. The average Bonchev–Trinajstić information content (AvgIpc) is 2.74. The Kier molecular flexibility index (Phi) is 3.25. The molecule has 3 N–H and O–H groups in total. The number of nitrogens with zero attached hydrogens (tertiary/aromatic N) is 1. The molecule has 0 aliphatic rings. The minimum Gasteiger partial charge on any atom is -0.382 e. The molecule has 3 heteroatoms. The van der Waals surface area contributed by atoms with Crippen LogP contribution in [-0.4, -0.2) is 10.2 Å². The molecule has 1 aromatic heterocycles. The molecule has 16 heavy (non-hydrogen) atoms. The molecule has 84 valence electrons. The van der Waals surface area contributed by atoms with Gasteiger partial charge in [0.05, 0.1) is 5.69 Å². The summed E-state index contributed by atoms with van der Waals surface area (Å²) >= 11 is 0. The van der Waals surface area contributed by atoms with E-state index < -0.39 is 0 Å². The molecular weight excluding hydrogens is 198 g/mol. The molecule has 0 spiro atoms. The fourth-order valence-corrected chi connectivity index (χ4v) is 1.72. The zero-order valence-electron chi connectivity index (χ0n) is 9.53. The van der Waals surface area contributed by atoms with Crippen LogP contribution in [0.15, 0.2) is 30.3 Å². The molecule has 3 nitrogen and oxygen atoms in total. The highest BCUT2D eigenvalue weighted by Gasteiger charge is 2.01. The minimum absolute atomic E-state index is 0.532. The second kappa shape index (κ2) is 4.84. The molecule has 1 heterocycles. The van der Waals surface area contributed by atoms with Crippen molar-refractivity contribution in [2.24, 2.45) is 0 Å². The van der Waals surface area contributed by atoms with Crippen molar-refractivity contribution < 1.29 is 0 Å². The Hall–Kier alpha value is -1.77. The highest BCUT2D eigenvalue weighted by Crippen LogP contribution is 2.19. The Labute approximate surface area is 95.7 Å². The van der Waals surface area contributed by atoms with Gasteiger partial charge in [0.15, 0.2) is 0 Å². The summed E-state index contributed by atoms with van der Waals surface area (Å²) in [6, 6.07) is 10.4. The number of benzene rings is 1. The lowest BCUT2D eigenvalue weighted by atomic mass is 10.1. The van der Waals surface area contributed by atoms with Crippen LogP contribution in [0, 0.1) is 0 Å². The van der Waals surface area contributed by atoms with Gasteiger partial charge < -0.3 is 5.73 Å². The summed E-state index contributed by atoms with van der Waals surface area (Å²) in [5.74, 6) is 0.532. The van der Waals surface area contributed by atoms with E-state index in [9.17, 15) is 0 Å². The lowest BCUT2D eigenvalue weighted by Crippen LogP contribution is -1.85. The summed E-state index contributed by atoms with van der Waals surface area (Å²) in [5, 5.41) is 6.83. The molecule has 2 rings (SSSR count). The summed E-state index contributed by atoms with van der Waals surface area (Å²) in [4.78, 5) is 0. The van der Waals surface area contributed by atoms with Crippen molar-refractivity contribution in [1.82, 2.24) is 10.2 Å². The number of hydrogen-bond acceptors (Lipinski definition) is 2. The van der Waals surface area contributed by atoms with Crippen LogP contribution >= 0.6 is 0 Å². The van der Waals surface area contributed by atoms with Gasteiger partial charge in [-0.1, -0.05) is 37.6 Å². The van der Waals surface area contributed by atoms with Crippen molar-refractivity contribution in [3.63, 3.8) is 0 Å². The molecule has 0 aliphatic carbocycles. The van der Waals surface area contributed by atoms with Crippen LogP contribution in [0.25, 0.3) is 11.3 Å². The van der Waals surface area contributed by atoms with Crippen LogP contribution in [-0.2, 0) is 6.42 Å². The molecular formula is C13H17N3. The van der Waals surface area contributed by atoms with Gasteiger partial charge in [0, 0.05) is 6.07 Å². The van der Waals surface area contributed by atoms with Gasteiger partial charge in [0.2, 0.25) is 0 Å². The van der Waals surface area contributed by atoms with Crippen molar-refractivity contribution in [2.75, 3.05) is 5.73 Å². The first-order valence-electron chi connectivity index (χ1n) is 5.70. The molecule has 0 fully saturated rings. The average molecular weight is 215 g/mol. The van der Waals surface area contributed by atoms with Crippen LogP contribution in [0.3, 0.4) is 0 Å². The van der Waals surface area contributed by atoms with Crippen LogP contribution in [0.4, 0.5) is 5.82 Å². The van der Waals surface area contributed by atoms with Crippen LogP contribution in [0.1, 0.15) is 25.3 Å². The highest BCUT2D eigenvalue weighted by atomic mass is 15.2. The van der Waals surface area contributed by atoms with Gasteiger partial charge in [-0.25, -0.2) is 0 Å². The third-order valence-corrected chi connectivity index (χ3v) is 2.68. The van der Waals surface area contributed by atoms with E-state index in [-0.39, 0.29) is 0 Å². The molecule has 0 aliphatic heterocycles. The number of nitrogen functional groups attached to an aromatic ring is 1. The number of H-pyrrole nitrogens is 1. The minimum atomic E-state index is 0.532. The van der Waals surface area contributed by atoms with Gasteiger partial charge in [-0.05, 0) is 24.0 Å². The molecule has 0 bridgehead atoms. The predicted octanol–water partition coefficient (Wildman–Crippen LogP) is 3.00. The standard InChI is InChI=1S/C13H17N3/c1-2-3-4-10-5-7-11(8-6-10)12-9-13(14)16-15-12/h5-9H,2-4H2,1H3,(H3,14,15,16). The van der Waals surface area contributed by atoms with E-state index in [1.807, 2.05) is 6.07 Å². The van der Waals surface area contributed by atoms with E-state index >= 15 is 0 Å². The van der Waals surface area contributed by atoms with Crippen LogP contribution < -0.4 is 5.73 Å². The maximum absolute atomic E-state index is 5.57. The first-order chi connectivity index (χ1) is 7.79. The second-order valence-corrected chi connectivity index (χ2v) is 4.01. The van der Waals surface area contributed by atoms with E-state index in [0.717, 1.165) is 17.7 Å². The molecule has 0 saturated carbocycles. The van der Waals surface area contributed by atoms with Crippen molar-refractivity contribution in [2.45, 2.75) is 26.2 Å². The van der Waals surface area contributed by atoms with Gasteiger partial charge >= 0.3 is 0 Å². The third kappa shape index (κ3) is 2.42. The molecule has 0 unspecified atom stereocenters. The Morgan fingerprint density at radius 3 is 2.56 bits per heavy atom. The maximum Gasteiger partial charge on any atom is 0.145 e. The second-order valence-electron chi connectivity index (χ2n) is 4.01. The van der Waals surface area contributed by atoms with Gasteiger partial charge in [-0.15, -0.1) is 0 Å². The van der Waals surface area contributed by atoms with Crippen LogP contribution in [0.2, 0.25) is 0 Å². The highest BCUT2D eigenvalue weighted by molar-refractivity contribution is 5.62. The number of anilines is 1. The monoisotopic (exact) mass is 215 g/mol. The van der Waals surface area contributed by atoms with Crippen molar-refractivity contribution in [1.29, 1.82) is 0 Å². The normalized spacial score (nSPS) is 10.6. The Morgan fingerprint density at radius 1 is 1.25 bits per heavy atom. The van der Waals surface area contributed by atoms with Gasteiger partial charge in [-0.3, -0.25) is 5.10 Å². The maximum atomic E-state index is 5.57. The van der Waals surface area contributed by atoms with Crippen molar-refractivity contribution >= 4 is 5.82 Å². The predicted molar refractivity (Wildman–Crippen MR) is 67.0 cm³/mol. The van der Waals surface area contributed by atoms with E-state index in [0.29, 0.717) is 5.82 Å². The topological polar surface area (TPSA) is 54.7 Å². The molecule has 0 saturated heterocycles. The number of aromatic amines is 1. The number of aryl methyl sites for hydroxylation is 1. The van der Waals surface area contributed by atoms with E-state index in [4.69, 9.17) is 5.73 Å². The summed E-state index contributed by atoms with van der Waals surface area (Å²) < 4.78 is 0. The van der Waals surface area contributed by atoms with E-state index in [1.165, 1.54) is 18.4 Å². The SMILES string of the molecule is CCCCc1ccc(-c2cc(N)n[nH]2)cc1. The van der Waals surface area contributed by atoms with Crippen molar-refractivity contribution in [3.8, 4) is 11.3 Å². The van der Waals surface area contributed by atoms with Crippen molar-refractivity contribution in [3.05, 3.63) is 35.9 Å². The smallest absolute Gasteiger partial charge is 0.145 e. The first-order valence-corrected chi connectivity index (χ1v) is 5.70. The van der Waals surface area contributed by atoms with Gasteiger partial charge in [-0.2, -0.15) is 5.10 Å². The van der Waals surface area contributed by atoms with Gasteiger partial charge in [0.1, 0.15) is 5.82 Å². The Balaban J connectivity index is 2.13. The fourth-order valence-electron chi connectivity index (χ4n) is 1.72. The number of nitrogens with two attached hydrogens (primary N) is 1. The molecule has 2 aromatic rings. The van der Waals surface area contributed by atoms with Crippen LogP contribution in [0.5, 0.6) is 0 Å². The fraction of sp³-hybridized carbons (Fsp3) is 0.308. The first kappa shape index (κ1) is 10.7. The number of rotatable bonds is 4. The van der Waals surface area contributed by atoms with E-state index in [2.05, 4.69) is 41.4 Å². The third-order valence-electron chi connectivity index (χ3n) is 2.68. The Morgan fingerprint density at radius 2 is 2.00 bits per heavy atom. The molecule has 0 radical (unpaired) electrons. The number of unbranched alkanes of at least 4 members (excludes halogenated alkanes) is 1. The quantitative estimate of drug-likeness (QED) is 0.823. The zero-order valence-corrected chi connectivity index (χ0v) is 9.53. The van der Waals surface area contributed by atoms with Gasteiger partial charge in [0.25, 0.3) is 0 Å². The molecule has 1 aromatic carbocycles.